The Morgan fingerprint density at radius 3 is 2.50 bits per heavy atom. The number of nitrogens with two attached hydrogens (primary N) is 1. The summed E-state index contributed by atoms with van der Waals surface area (Å²) in [6, 6.07) is 4.53. The number of hydrogen-bond acceptors (Lipinski definition) is 4. The molecule has 8 heteroatoms. The number of anilines is 2. The van der Waals surface area contributed by atoms with Crippen LogP contribution in [0, 0.1) is 0 Å². The molecule has 0 unspecified atom stereocenters. The van der Waals surface area contributed by atoms with Crippen LogP contribution in [0.15, 0.2) is 18.2 Å². The largest absolute Gasteiger partial charge is 0.465 e. The summed E-state index contributed by atoms with van der Waals surface area (Å²) in [7, 11) is 0. The average molecular weight is 287 g/mol. The minimum atomic E-state index is -2.93. The molecule has 1 aromatic carbocycles. The molecule has 2 rings (SSSR count). The normalized spacial score (nSPS) is 15.6. The molecule has 1 aliphatic rings. The van der Waals surface area contributed by atoms with Gasteiger partial charge in [0.05, 0.1) is 5.69 Å². The fraction of sp³-hybridized carbons (Fsp3) is 0.417. The number of alkyl halides is 2. The summed E-state index contributed by atoms with van der Waals surface area (Å²) < 4.78 is 29.3. The molecule has 20 heavy (non-hydrogen) atoms. The number of nitrogen functional groups attached to an aromatic ring is 1. The molecule has 1 aromatic rings. The van der Waals surface area contributed by atoms with Crippen LogP contribution >= 0.6 is 0 Å². The molecule has 0 saturated carbocycles. The molecule has 0 spiro atoms. The van der Waals surface area contributed by atoms with Crippen LogP contribution in [0.25, 0.3) is 0 Å². The van der Waals surface area contributed by atoms with Crippen LogP contribution in [0.5, 0.6) is 5.75 Å². The molecular formula is C12H15F2N3O3. The highest BCUT2D eigenvalue weighted by atomic mass is 19.3. The molecule has 110 valence electrons. The van der Waals surface area contributed by atoms with Crippen LogP contribution in [0.1, 0.15) is 0 Å². The lowest BCUT2D eigenvalue weighted by Gasteiger charge is -2.35. The van der Waals surface area contributed by atoms with E-state index >= 15 is 0 Å². The van der Waals surface area contributed by atoms with Gasteiger partial charge in [0.25, 0.3) is 0 Å². The fourth-order valence-electron chi connectivity index (χ4n) is 2.12. The van der Waals surface area contributed by atoms with Gasteiger partial charge in [-0.2, -0.15) is 8.78 Å². The zero-order valence-corrected chi connectivity index (χ0v) is 10.6. The predicted octanol–water partition coefficient (Wildman–Crippen LogP) is 1.67. The number of benzene rings is 1. The summed E-state index contributed by atoms with van der Waals surface area (Å²) in [4.78, 5) is 13.9. The van der Waals surface area contributed by atoms with E-state index in [0.717, 1.165) is 0 Å². The van der Waals surface area contributed by atoms with Crippen LogP contribution in [0.4, 0.5) is 25.0 Å². The number of carboxylic acid groups (broad SMARTS) is 1. The van der Waals surface area contributed by atoms with Crippen LogP contribution in [-0.4, -0.2) is 48.9 Å². The highest BCUT2D eigenvalue weighted by Gasteiger charge is 2.23. The predicted molar refractivity (Wildman–Crippen MR) is 69.3 cm³/mol. The van der Waals surface area contributed by atoms with Crippen molar-refractivity contribution in [1.82, 2.24) is 4.90 Å². The number of nitrogens with zero attached hydrogens (tertiary/aromatic N) is 2. The summed E-state index contributed by atoms with van der Waals surface area (Å²) in [5.41, 5.74) is 6.38. The smallest absolute Gasteiger partial charge is 0.407 e. The number of piperazine rings is 1. The van der Waals surface area contributed by atoms with E-state index in [0.29, 0.717) is 37.6 Å². The van der Waals surface area contributed by atoms with Gasteiger partial charge in [-0.3, -0.25) is 0 Å². The first kappa shape index (κ1) is 14.2. The zero-order chi connectivity index (χ0) is 14.7. The number of rotatable bonds is 3. The number of amides is 1. The first-order chi connectivity index (χ1) is 9.47. The van der Waals surface area contributed by atoms with Crippen LogP contribution in [0.3, 0.4) is 0 Å². The maximum Gasteiger partial charge on any atom is 0.407 e. The molecule has 1 aliphatic heterocycles. The van der Waals surface area contributed by atoms with Gasteiger partial charge in [-0.15, -0.1) is 0 Å². The van der Waals surface area contributed by atoms with Gasteiger partial charge >= 0.3 is 12.7 Å². The standard InChI is InChI=1S/C12H15F2N3O3/c13-11(14)20-10-7-8(15)1-2-9(10)16-3-5-17(6-4-16)12(18)19/h1-2,7,11H,3-6,15H2,(H,18,19). The van der Waals surface area contributed by atoms with Gasteiger partial charge in [0, 0.05) is 37.9 Å². The van der Waals surface area contributed by atoms with Crippen LogP contribution in [0.2, 0.25) is 0 Å². The summed E-state index contributed by atoms with van der Waals surface area (Å²) in [5.74, 6) is 0.00350. The van der Waals surface area contributed by atoms with Gasteiger partial charge in [0.1, 0.15) is 0 Å². The lowest BCUT2D eigenvalue weighted by molar-refractivity contribution is -0.0494. The topological polar surface area (TPSA) is 79.0 Å². The molecule has 3 N–H and O–H groups in total. The molecular weight excluding hydrogens is 272 g/mol. The van der Waals surface area contributed by atoms with Crippen molar-refractivity contribution in [3.63, 3.8) is 0 Å². The van der Waals surface area contributed by atoms with Gasteiger partial charge < -0.3 is 25.4 Å². The molecule has 0 aliphatic carbocycles. The van der Waals surface area contributed by atoms with E-state index in [1.54, 1.807) is 17.0 Å². The van der Waals surface area contributed by atoms with E-state index in [1.807, 2.05) is 0 Å². The maximum atomic E-state index is 12.4. The van der Waals surface area contributed by atoms with Crippen molar-refractivity contribution in [1.29, 1.82) is 0 Å². The fourth-order valence-corrected chi connectivity index (χ4v) is 2.12. The monoisotopic (exact) mass is 287 g/mol. The summed E-state index contributed by atoms with van der Waals surface area (Å²) in [6.45, 7) is -1.48. The Balaban J connectivity index is 2.14. The SMILES string of the molecule is Nc1ccc(N2CCN(C(=O)O)CC2)c(OC(F)F)c1. The molecule has 1 fully saturated rings. The Labute approximate surface area is 114 Å². The molecule has 0 atom stereocenters. The van der Waals surface area contributed by atoms with E-state index in [2.05, 4.69) is 4.74 Å². The minimum Gasteiger partial charge on any atom is -0.465 e. The van der Waals surface area contributed by atoms with Crippen molar-refractivity contribution in [3.05, 3.63) is 18.2 Å². The number of halogens is 2. The van der Waals surface area contributed by atoms with Crippen LogP contribution < -0.4 is 15.4 Å². The number of hydrogen-bond donors (Lipinski definition) is 2. The molecule has 1 saturated heterocycles. The maximum absolute atomic E-state index is 12.4. The van der Waals surface area contributed by atoms with Crippen molar-refractivity contribution in [3.8, 4) is 5.75 Å². The first-order valence-corrected chi connectivity index (χ1v) is 6.04. The zero-order valence-electron chi connectivity index (χ0n) is 10.6. The van der Waals surface area contributed by atoms with Crippen molar-refractivity contribution in [2.75, 3.05) is 36.8 Å². The van der Waals surface area contributed by atoms with Crippen molar-refractivity contribution in [2.45, 2.75) is 6.61 Å². The molecule has 0 aromatic heterocycles. The van der Waals surface area contributed by atoms with E-state index in [1.165, 1.54) is 11.0 Å². The summed E-state index contributed by atoms with van der Waals surface area (Å²) in [6.07, 6.45) is -0.981. The van der Waals surface area contributed by atoms with Crippen molar-refractivity contribution in [2.24, 2.45) is 0 Å². The van der Waals surface area contributed by atoms with E-state index < -0.39 is 12.7 Å². The van der Waals surface area contributed by atoms with Crippen molar-refractivity contribution < 1.29 is 23.4 Å². The first-order valence-electron chi connectivity index (χ1n) is 6.04. The second-order valence-electron chi connectivity index (χ2n) is 4.36. The third-order valence-corrected chi connectivity index (χ3v) is 3.09. The highest BCUT2D eigenvalue weighted by molar-refractivity contribution is 5.67. The number of carbonyl (C=O) groups is 1. The molecule has 0 bridgehead atoms. The Hall–Kier alpha value is -2.25. The Morgan fingerprint density at radius 1 is 1.30 bits per heavy atom. The lowest BCUT2D eigenvalue weighted by Crippen LogP contribution is -2.48. The quantitative estimate of drug-likeness (QED) is 0.827. The third kappa shape index (κ3) is 3.19. The molecule has 1 heterocycles. The van der Waals surface area contributed by atoms with Gasteiger partial charge in [0.15, 0.2) is 5.75 Å². The highest BCUT2D eigenvalue weighted by Crippen LogP contribution is 2.32. The molecule has 1 amide bonds. The van der Waals surface area contributed by atoms with Gasteiger partial charge in [0.2, 0.25) is 0 Å². The molecule has 0 radical (unpaired) electrons. The van der Waals surface area contributed by atoms with E-state index in [4.69, 9.17) is 10.8 Å². The van der Waals surface area contributed by atoms with Crippen molar-refractivity contribution >= 4 is 17.5 Å². The van der Waals surface area contributed by atoms with Gasteiger partial charge in [-0.1, -0.05) is 0 Å². The second kappa shape index (κ2) is 5.81. The second-order valence-corrected chi connectivity index (χ2v) is 4.36. The van der Waals surface area contributed by atoms with Crippen LogP contribution in [-0.2, 0) is 0 Å². The van der Waals surface area contributed by atoms with E-state index in [-0.39, 0.29) is 5.75 Å². The Kier molecular flexibility index (Phi) is 4.11. The van der Waals surface area contributed by atoms with Gasteiger partial charge in [-0.05, 0) is 12.1 Å². The Morgan fingerprint density at radius 2 is 1.95 bits per heavy atom. The average Bonchev–Trinajstić information content (AvgIpc) is 2.38. The van der Waals surface area contributed by atoms with E-state index in [9.17, 15) is 13.6 Å². The van der Waals surface area contributed by atoms with Gasteiger partial charge in [-0.25, -0.2) is 4.79 Å². The Bertz CT molecular complexity index is 491. The number of ether oxygens (including phenoxy) is 1. The third-order valence-electron chi connectivity index (χ3n) is 3.09. The lowest BCUT2D eigenvalue weighted by atomic mass is 10.2. The summed E-state index contributed by atoms with van der Waals surface area (Å²) in [5, 5.41) is 8.87. The summed E-state index contributed by atoms with van der Waals surface area (Å²) >= 11 is 0. The minimum absolute atomic E-state index is 0.00350. The molecule has 6 nitrogen and oxygen atoms in total.